The van der Waals surface area contributed by atoms with E-state index in [1.54, 1.807) is 6.07 Å². The van der Waals surface area contributed by atoms with Gasteiger partial charge in [-0.15, -0.1) is 0 Å². The Hall–Kier alpha value is -1.11. The summed E-state index contributed by atoms with van der Waals surface area (Å²) >= 11 is 0. The van der Waals surface area contributed by atoms with Gasteiger partial charge in [0, 0.05) is 0 Å². The first kappa shape index (κ1) is 14.0. The quantitative estimate of drug-likeness (QED) is 0.776. The molecule has 1 aromatic rings. The molecule has 0 heterocycles. The lowest BCUT2D eigenvalue weighted by molar-refractivity contribution is 0.197. The highest BCUT2D eigenvalue weighted by Crippen LogP contribution is 2.31. The largest absolute Gasteiger partial charge is 0.489 e. The third kappa shape index (κ3) is 3.18. The van der Waals surface area contributed by atoms with Gasteiger partial charge in [0.25, 0.3) is 10.1 Å². The van der Waals surface area contributed by atoms with Crippen molar-refractivity contribution < 1.29 is 22.8 Å². The predicted molar refractivity (Wildman–Crippen MR) is 63.0 cm³/mol. The van der Waals surface area contributed by atoms with E-state index in [1.807, 2.05) is 13.8 Å². The lowest BCUT2D eigenvalue weighted by atomic mass is 10.1. The monoisotopic (exact) mass is 260 g/mol. The summed E-state index contributed by atoms with van der Waals surface area (Å²) in [7, 11) is -4.32. The van der Waals surface area contributed by atoms with Crippen LogP contribution in [0.25, 0.3) is 0 Å². The van der Waals surface area contributed by atoms with Crippen molar-refractivity contribution >= 4 is 10.1 Å². The van der Waals surface area contributed by atoms with Crippen LogP contribution in [0.2, 0.25) is 0 Å². The number of hydrogen-bond acceptors (Lipinski definition) is 4. The smallest absolute Gasteiger partial charge is 0.298 e. The molecule has 96 valence electrons. The number of aliphatic hydroxyl groups excluding tert-OH is 1. The molecule has 0 radical (unpaired) electrons. The summed E-state index contributed by atoms with van der Waals surface area (Å²) in [6, 6.07) is 2.92. The highest BCUT2D eigenvalue weighted by molar-refractivity contribution is 7.86. The summed E-state index contributed by atoms with van der Waals surface area (Å²) in [5, 5.41) is 8.72. The average Bonchev–Trinajstić information content (AvgIpc) is 2.24. The van der Waals surface area contributed by atoms with Crippen molar-refractivity contribution in [3.8, 4) is 5.75 Å². The number of hydrogen-bond donors (Lipinski definition) is 2. The molecule has 0 unspecified atom stereocenters. The van der Waals surface area contributed by atoms with E-state index < -0.39 is 10.1 Å². The molecule has 0 saturated carbocycles. The van der Waals surface area contributed by atoms with Crippen LogP contribution in [-0.2, 0) is 16.5 Å². The molecule has 0 spiro atoms. The van der Waals surface area contributed by atoms with Crippen molar-refractivity contribution in [2.75, 3.05) is 13.2 Å². The summed E-state index contributed by atoms with van der Waals surface area (Å²) in [6.45, 7) is 3.46. The summed E-state index contributed by atoms with van der Waals surface area (Å²) in [4.78, 5) is -0.256. The molecule has 1 aromatic carbocycles. The van der Waals surface area contributed by atoms with Crippen molar-refractivity contribution in [1.82, 2.24) is 0 Å². The molecule has 0 aliphatic rings. The van der Waals surface area contributed by atoms with Gasteiger partial charge >= 0.3 is 0 Å². The molecule has 1 rings (SSSR count). The van der Waals surface area contributed by atoms with Gasteiger partial charge in [0.05, 0.1) is 6.61 Å². The third-order valence-corrected chi connectivity index (χ3v) is 3.31. The van der Waals surface area contributed by atoms with Gasteiger partial charge < -0.3 is 9.84 Å². The summed E-state index contributed by atoms with van der Waals surface area (Å²) < 4.78 is 36.8. The minimum Gasteiger partial charge on any atom is -0.489 e. The molecule has 0 aliphatic heterocycles. The van der Waals surface area contributed by atoms with E-state index in [0.717, 1.165) is 5.56 Å². The van der Waals surface area contributed by atoms with Crippen LogP contribution in [0, 0.1) is 6.92 Å². The molecular weight excluding hydrogens is 244 g/mol. The first-order valence-corrected chi connectivity index (χ1v) is 6.69. The van der Waals surface area contributed by atoms with Crippen LogP contribution >= 0.6 is 0 Å². The van der Waals surface area contributed by atoms with E-state index >= 15 is 0 Å². The number of rotatable bonds is 5. The van der Waals surface area contributed by atoms with E-state index in [2.05, 4.69) is 0 Å². The molecule has 0 atom stereocenters. The van der Waals surface area contributed by atoms with Gasteiger partial charge in [-0.25, -0.2) is 0 Å². The highest BCUT2D eigenvalue weighted by Gasteiger charge is 2.20. The Morgan fingerprint density at radius 2 is 2.00 bits per heavy atom. The molecular formula is C11H16O5S. The highest BCUT2D eigenvalue weighted by atomic mass is 32.2. The van der Waals surface area contributed by atoms with Crippen LogP contribution in [0.3, 0.4) is 0 Å². The van der Waals surface area contributed by atoms with E-state index in [1.165, 1.54) is 6.07 Å². The Kier molecular flexibility index (Phi) is 4.50. The molecule has 0 aromatic heterocycles. The Bertz CT molecular complexity index is 493. The zero-order chi connectivity index (χ0) is 13.1. The zero-order valence-electron chi connectivity index (χ0n) is 9.80. The zero-order valence-corrected chi connectivity index (χ0v) is 10.6. The number of aliphatic hydroxyl groups is 1. The first-order valence-electron chi connectivity index (χ1n) is 5.25. The second kappa shape index (κ2) is 5.48. The van der Waals surface area contributed by atoms with E-state index in [4.69, 9.17) is 14.4 Å². The average molecular weight is 260 g/mol. The van der Waals surface area contributed by atoms with Gasteiger partial charge in [0.2, 0.25) is 0 Å². The van der Waals surface area contributed by atoms with Crippen LogP contribution in [-0.4, -0.2) is 31.3 Å². The molecule has 17 heavy (non-hydrogen) atoms. The van der Waals surface area contributed by atoms with Gasteiger partial charge in [-0.3, -0.25) is 4.55 Å². The maximum Gasteiger partial charge on any atom is 0.298 e. The first-order chi connectivity index (χ1) is 7.91. The fraction of sp³-hybridized carbons (Fsp3) is 0.455. The summed E-state index contributed by atoms with van der Waals surface area (Å²) in [5.74, 6) is 0.129. The van der Waals surface area contributed by atoms with Crippen LogP contribution < -0.4 is 4.74 Å². The van der Waals surface area contributed by atoms with Crippen molar-refractivity contribution in [3.63, 3.8) is 0 Å². The van der Waals surface area contributed by atoms with Crippen LogP contribution in [0.4, 0.5) is 0 Å². The molecule has 0 saturated heterocycles. The van der Waals surface area contributed by atoms with E-state index in [-0.39, 0.29) is 23.9 Å². The Balaban J connectivity index is 3.40. The van der Waals surface area contributed by atoms with Crippen molar-refractivity contribution in [3.05, 3.63) is 23.3 Å². The second-order valence-electron chi connectivity index (χ2n) is 3.59. The van der Waals surface area contributed by atoms with Gasteiger partial charge in [0.15, 0.2) is 0 Å². The van der Waals surface area contributed by atoms with Crippen LogP contribution in [0.1, 0.15) is 18.1 Å². The molecule has 2 N–H and O–H groups in total. The van der Waals surface area contributed by atoms with Crippen molar-refractivity contribution in [1.29, 1.82) is 0 Å². The second-order valence-corrected chi connectivity index (χ2v) is 4.98. The van der Waals surface area contributed by atoms with Gasteiger partial charge in [-0.05, 0) is 30.5 Å². The molecule has 0 fully saturated rings. The Labute approximate surface area is 101 Å². The van der Waals surface area contributed by atoms with Crippen molar-refractivity contribution in [2.45, 2.75) is 25.2 Å². The third-order valence-electron chi connectivity index (χ3n) is 2.43. The SMILES string of the molecule is CCc1c(C)ccc(S(=O)(=O)O)c1OCCO. The van der Waals surface area contributed by atoms with Gasteiger partial charge in [-0.1, -0.05) is 13.0 Å². The number of ether oxygens (including phenoxy) is 1. The fourth-order valence-electron chi connectivity index (χ4n) is 1.65. The lowest BCUT2D eigenvalue weighted by Crippen LogP contribution is -2.10. The molecule has 5 nitrogen and oxygen atoms in total. The summed E-state index contributed by atoms with van der Waals surface area (Å²) in [6.07, 6.45) is 0.579. The van der Waals surface area contributed by atoms with Crippen LogP contribution in [0.15, 0.2) is 17.0 Å². The normalized spacial score (nSPS) is 11.5. The lowest BCUT2D eigenvalue weighted by Gasteiger charge is -2.15. The van der Waals surface area contributed by atoms with Gasteiger partial charge in [-0.2, -0.15) is 8.42 Å². The van der Waals surface area contributed by atoms with E-state index in [0.29, 0.717) is 12.0 Å². The maximum atomic E-state index is 11.2. The standard InChI is InChI=1S/C11H16O5S/c1-3-9-8(2)4-5-10(17(13,14)15)11(9)16-7-6-12/h4-5,12H,3,6-7H2,1-2H3,(H,13,14,15). The Morgan fingerprint density at radius 1 is 1.35 bits per heavy atom. The summed E-state index contributed by atoms with van der Waals surface area (Å²) in [5.41, 5.74) is 1.60. The van der Waals surface area contributed by atoms with Crippen LogP contribution in [0.5, 0.6) is 5.75 Å². The minimum absolute atomic E-state index is 0.0149. The predicted octanol–water partition coefficient (Wildman–Crippen LogP) is 1.18. The minimum atomic E-state index is -4.32. The fourth-order valence-corrected chi connectivity index (χ4v) is 2.31. The number of benzene rings is 1. The molecule has 0 aliphatic carbocycles. The topological polar surface area (TPSA) is 83.8 Å². The van der Waals surface area contributed by atoms with E-state index in [9.17, 15) is 8.42 Å². The number of aryl methyl sites for hydroxylation is 1. The Morgan fingerprint density at radius 3 is 2.47 bits per heavy atom. The van der Waals surface area contributed by atoms with Crippen molar-refractivity contribution in [2.24, 2.45) is 0 Å². The maximum absolute atomic E-state index is 11.2. The molecule has 6 heteroatoms. The molecule has 0 bridgehead atoms. The van der Waals surface area contributed by atoms with Gasteiger partial charge in [0.1, 0.15) is 17.3 Å². The molecule has 0 amide bonds.